The van der Waals surface area contributed by atoms with E-state index in [2.05, 4.69) is 77.1 Å². The van der Waals surface area contributed by atoms with Crippen molar-refractivity contribution in [1.29, 1.82) is 0 Å². The average Bonchev–Trinajstić information content (AvgIpc) is 3.12. The summed E-state index contributed by atoms with van der Waals surface area (Å²) in [5.41, 5.74) is 5.24. The fourth-order valence-electron chi connectivity index (χ4n) is 3.33. The first kappa shape index (κ1) is 22.5. The zero-order valence-electron chi connectivity index (χ0n) is 17.0. The van der Waals surface area contributed by atoms with Gasteiger partial charge in [0.2, 0.25) is 0 Å². The number of guanidine groups is 1. The number of nitrogens with zero attached hydrogens (tertiary/aromatic N) is 2. The summed E-state index contributed by atoms with van der Waals surface area (Å²) in [6.07, 6.45) is 1.99. The van der Waals surface area contributed by atoms with Crippen molar-refractivity contribution in [3.63, 3.8) is 0 Å². The van der Waals surface area contributed by atoms with Gasteiger partial charge in [0.1, 0.15) is 5.75 Å². The van der Waals surface area contributed by atoms with E-state index in [0.29, 0.717) is 0 Å². The molecule has 152 valence electrons. The molecule has 0 aliphatic carbocycles. The van der Waals surface area contributed by atoms with E-state index in [4.69, 9.17) is 4.74 Å². The van der Waals surface area contributed by atoms with Gasteiger partial charge >= 0.3 is 0 Å². The molecule has 0 fully saturated rings. The van der Waals surface area contributed by atoms with E-state index in [1.165, 1.54) is 22.3 Å². The van der Waals surface area contributed by atoms with Gasteiger partial charge in [-0.25, -0.2) is 0 Å². The summed E-state index contributed by atoms with van der Waals surface area (Å²) in [7, 11) is 5.99. The molecule has 0 atom stereocenters. The number of halogens is 1. The van der Waals surface area contributed by atoms with Crippen molar-refractivity contribution < 1.29 is 4.74 Å². The summed E-state index contributed by atoms with van der Waals surface area (Å²) in [5.74, 6) is 1.87. The predicted molar refractivity (Wildman–Crippen MR) is 127 cm³/mol. The highest BCUT2D eigenvalue weighted by molar-refractivity contribution is 14.0. The van der Waals surface area contributed by atoms with E-state index in [0.717, 1.165) is 50.8 Å². The van der Waals surface area contributed by atoms with E-state index >= 15 is 0 Å². The standard InChI is InChI=1S/C22H30N4O.HI/c1-23-22(25-15-18-5-4-6-19(13-18)16-26(2)3)24-11-9-17-7-8-21-20(14-17)10-12-27-21;/h4-8,13-14H,9-12,15-16H2,1-3H3,(H2,23,24,25);1H. The van der Waals surface area contributed by atoms with Gasteiger partial charge in [-0.3, -0.25) is 4.99 Å². The van der Waals surface area contributed by atoms with Crippen LogP contribution in [0.3, 0.4) is 0 Å². The minimum atomic E-state index is 0. The topological polar surface area (TPSA) is 48.9 Å². The highest BCUT2D eigenvalue weighted by atomic mass is 127. The molecule has 28 heavy (non-hydrogen) atoms. The summed E-state index contributed by atoms with van der Waals surface area (Å²) >= 11 is 0. The van der Waals surface area contributed by atoms with Crippen LogP contribution in [-0.4, -0.2) is 45.2 Å². The molecule has 6 heteroatoms. The number of hydrogen-bond acceptors (Lipinski definition) is 3. The van der Waals surface area contributed by atoms with Crippen molar-refractivity contribution in [2.24, 2.45) is 4.99 Å². The molecule has 0 spiro atoms. The first-order valence-electron chi connectivity index (χ1n) is 9.55. The lowest BCUT2D eigenvalue weighted by atomic mass is 10.1. The molecule has 0 bridgehead atoms. The summed E-state index contributed by atoms with van der Waals surface area (Å²) in [4.78, 5) is 6.51. The van der Waals surface area contributed by atoms with Gasteiger partial charge in [-0.05, 0) is 48.8 Å². The SMILES string of the molecule is CN=C(NCCc1ccc2c(c1)CCO2)NCc1cccc(CN(C)C)c1.I. The van der Waals surface area contributed by atoms with Crippen LogP contribution in [0.15, 0.2) is 47.5 Å². The molecule has 1 aliphatic heterocycles. The molecule has 5 nitrogen and oxygen atoms in total. The second-order valence-corrected chi connectivity index (χ2v) is 7.20. The first-order chi connectivity index (χ1) is 13.1. The molecule has 3 rings (SSSR count). The molecule has 0 aromatic heterocycles. The number of nitrogens with one attached hydrogen (secondary N) is 2. The van der Waals surface area contributed by atoms with Gasteiger partial charge in [0.25, 0.3) is 0 Å². The third-order valence-electron chi connectivity index (χ3n) is 4.63. The molecule has 1 heterocycles. The van der Waals surface area contributed by atoms with E-state index in [1.807, 2.05) is 7.05 Å². The summed E-state index contributed by atoms with van der Waals surface area (Å²) in [6, 6.07) is 15.2. The Morgan fingerprint density at radius 2 is 1.89 bits per heavy atom. The molecule has 0 amide bonds. The summed E-state index contributed by atoms with van der Waals surface area (Å²) in [5, 5.41) is 6.80. The molecule has 0 unspecified atom stereocenters. The average molecular weight is 494 g/mol. The Hall–Kier alpha value is -1.80. The van der Waals surface area contributed by atoms with Gasteiger partial charge in [-0.1, -0.05) is 36.4 Å². The lowest BCUT2D eigenvalue weighted by molar-refractivity contribution is 0.357. The number of rotatable bonds is 7. The quantitative estimate of drug-likeness (QED) is 0.353. The van der Waals surface area contributed by atoms with Gasteiger partial charge < -0.3 is 20.3 Å². The molecular formula is C22H31IN4O. The van der Waals surface area contributed by atoms with E-state index in [1.54, 1.807) is 0 Å². The number of ether oxygens (including phenoxy) is 1. The highest BCUT2D eigenvalue weighted by Crippen LogP contribution is 2.25. The second-order valence-electron chi connectivity index (χ2n) is 7.20. The zero-order valence-corrected chi connectivity index (χ0v) is 19.3. The number of aliphatic imine (C=N–C) groups is 1. The summed E-state index contributed by atoms with van der Waals surface area (Å²) < 4.78 is 5.57. The molecule has 0 saturated carbocycles. The first-order valence-corrected chi connectivity index (χ1v) is 9.55. The number of fused-ring (bicyclic) bond motifs is 1. The highest BCUT2D eigenvalue weighted by Gasteiger charge is 2.11. The Bertz CT molecular complexity index is 792. The maximum absolute atomic E-state index is 5.57. The fraction of sp³-hybridized carbons (Fsp3) is 0.409. The molecular weight excluding hydrogens is 463 g/mol. The van der Waals surface area contributed by atoms with Crippen LogP contribution in [0.25, 0.3) is 0 Å². The largest absolute Gasteiger partial charge is 0.493 e. The van der Waals surface area contributed by atoms with Crippen LogP contribution in [-0.2, 0) is 25.9 Å². The lowest BCUT2D eigenvalue weighted by Gasteiger charge is -2.14. The van der Waals surface area contributed by atoms with E-state index in [9.17, 15) is 0 Å². The van der Waals surface area contributed by atoms with Crippen LogP contribution >= 0.6 is 24.0 Å². The Kier molecular flexibility index (Phi) is 9.05. The Labute approximate surface area is 185 Å². The molecule has 0 saturated heterocycles. The number of benzene rings is 2. The van der Waals surface area contributed by atoms with Gasteiger partial charge in [-0.15, -0.1) is 24.0 Å². The molecule has 2 N–H and O–H groups in total. The van der Waals surface area contributed by atoms with Crippen molar-refractivity contribution in [1.82, 2.24) is 15.5 Å². The van der Waals surface area contributed by atoms with Crippen LogP contribution in [0, 0.1) is 0 Å². The minimum absolute atomic E-state index is 0. The van der Waals surface area contributed by atoms with E-state index < -0.39 is 0 Å². The van der Waals surface area contributed by atoms with Crippen LogP contribution in [0.1, 0.15) is 22.3 Å². The Morgan fingerprint density at radius 3 is 2.68 bits per heavy atom. The van der Waals surface area contributed by atoms with Gasteiger partial charge in [-0.2, -0.15) is 0 Å². The predicted octanol–water partition coefficient (Wildman–Crippen LogP) is 3.21. The fourth-order valence-corrected chi connectivity index (χ4v) is 3.33. The zero-order chi connectivity index (χ0) is 19.1. The van der Waals surface area contributed by atoms with Crippen molar-refractivity contribution >= 4 is 29.9 Å². The van der Waals surface area contributed by atoms with Gasteiger partial charge in [0.15, 0.2) is 5.96 Å². The third kappa shape index (κ3) is 6.67. The third-order valence-corrected chi connectivity index (χ3v) is 4.63. The van der Waals surface area contributed by atoms with Crippen LogP contribution in [0.4, 0.5) is 0 Å². The molecule has 2 aromatic carbocycles. The molecule has 2 aromatic rings. The smallest absolute Gasteiger partial charge is 0.191 e. The van der Waals surface area contributed by atoms with Gasteiger partial charge in [0, 0.05) is 33.1 Å². The van der Waals surface area contributed by atoms with Crippen LogP contribution < -0.4 is 15.4 Å². The second kappa shape index (κ2) is 11.3. The Balaban J connectivity index is 0.00000280. The maximum atomic E-state index is 5.57. The van der Waals surface area contributed by atoms with Crippen LogP contribution in [0.5, 0.6) is 5.75 Å². The monoisotopic (exact) mass is 494 g/mol. The van der Waals surface area contributed by atoms with Gasteiger partial charge in [0.05, 0.1) is 6.61 Å². The van der Waals surface area contributed by atoms with Crippen LogP contribution in [0.2, 0.25) is 0 Å². The maximum Gasteiger partial charge on any atom is 0.191 e. The van der Waals surface area contributed by atoms with Crippen molar-refractivity contribution in [3.05, 3.63) is 64.7 Å². The van der Waals surface area contributed by atoms with Crippen molar-refractivity contribution in [2.45, 2.75) is 25.9 Å². The lowest BCUT2D eigenvalue weighted by Crippen LogP contribution is -2.37. The van der Waals surface area contributed by atoms with E-state index in [-0.39, 0.29) is 24.0 Å². The van der Waals surface area contributed by atoms with Crippen molar-refractivity contribution in [3.8, 4) is 5.75 Å². The van der Waals surface area contributed by atoms with Crippen molar-refractivity contribution in [2.75, 3.05) is 34.3 Å². The number of hydrogen-bond donors (Lipinski definition) is 2. The molecule has 0 radical (unpaired) electrons. The molecule has 1 aliphatic rings. The Morgan fingerprint density at radius 1 is 1.07 bits per heavy atom. The summed E-state index contributed by atoms with van der Waals surface area (Å²) in [6.45, 7) is 3.37. The minimum Gasteiger partial charge on any atom is -0.493 e. The normalized spacial score (nSPS) is 12.9.